The Bertz CT molecular complexity index is 801. The van der Waals surface area contributed by atoms with E-state index in [4.69, 9.17) is 0 Å². The number of carbonyl (C=O) groups is 1. The van der Waals surface area contributed by atoms with Crippen molar-refractivity contribution in [2.45, 2.75) is 63.5 Å². The summed E-state index contributed by atoms with van der Waals surface area (Å²) in [6.45, 7) is 4.63. The van der Waals surface area contributed by atoms with E-state index in [1.54, 1.807) is 11.3 Å². The molecule has 3 rings (SSSR count). The number of rotatable bonds is 8. The number of carbonyl (C=O) groups excluding carboxylic acids is 1. The Morgan fingerprint density at radius 1 is 1.21 bits per heavy atom. The highest BCUT2D eigenvalue weighted by molar-refractivity contribution is 7.10. The third-order valence-electron chi connectivity index (χ3n) is 5.80. The first-order chi connectivity index (χ1) is 13.6. The standard InChI is InChI=1S/C23H29N3OS/c1-3-17(2)18-8-10-19(11-9-18)22(20-7-6-14-28-20)25-15-21(27)26-23(16-24)12-4-5-13-23/h6-11,14,17,22,25H,3-5,12-13,15H2,1-2H3,(H,26,27)/t17-,22-/m0/s1. The molecular weight excluding hydrogens is 366 g/mol. The van der Waals surface area contributed by atoms with Crippen molar-refractivity contribution in [3.63, 3.8) is 0 Å². The van der Waals surface area contributed by atoms with Crippen LogP contribution in [-0.4, -0.2) is 18.0 Å². The minimum absolute atomic E-state index is 0.0293. The molecule has 2 atom stereocenters. The average molecular weight is 396 g/mol. The second-order valence-corrected chi connectivity index (χ2v) is 8.73. The lowest BCUT2D eigenvalue weighted by Crippen LogP contribution is -2.48. The molecule has 1 aromatic heterocycles. The first kappa shape index (κ1) is 20.6. The van der Waals surface area contributed by atoms with Gasteiger partial charge in [0.25, 0.3) is 0 Å². The van der Waals surface area contributed by atoms with Crippen molar-refractivity contribution in [1.82, 2.24) is 10.6 Å². The van der Waals surface area contributed by atoms with Gasteiger partial charge in [-0.1, -0.05) is 44.2 Å². The van der Waals surface area contributed by atoms with Gasteiger partial charge in [-0.25, -0.2) is 0 Å². The van der Waals surface area contributed by atoms with E-state index in [1.165, 1.54) is 10.4 Å². The van der Waals surface area contributed by atoms with Gasteiger partial charge in [0.2, 0.25) is 5.91 Å². The molecule has 4 nitrogen and oxygen atoms in total. The van der Waals surface area contributed by atoms with E-state index in [0.29, 0.717) is 5.92 Å². The molecule has 1 fully saturated rings. The molecule has 1 aliphatic carbocycles. The molecule has 28 heavy (non-hydrogen) atoms. The van der Waals surface area contributed by atoms with Gasteiger partial charge in [-0.2, -0.15) is 5.26 Å². The monoisotopic (exact) mass is 395 g/mol. The Hall–Kier alpha value is -2.16. The van der Waals surface area contributed by atoms with Crippen LogP contribution in [0.2, 0.25) is 0 Å². The number of benzene rings is 1. The first-order valence-electron chi connectivity index (χ1n) is 10.2. The van der Waals surface area contributed by atoms with Crippen LogP contribution in [0.4, 0.5) is 0 Å². The molecule has 2 aromatic rings. The molecule has 0 radical (unpaired) electrons. The number of nitrogens with one attached hydrogen (secondary N) is 2. The van der Waals surface area contributed by atoms with Crippen LogP contribution >= 0.6 is 11.3 Å². The van der Waals surface area contributed by atoms with Gasteiger partial charge in [0.1, 0.15) is 5.54 Å². The Morgan fingerprint density at radius 3 is 2.46 bits per heavy atom. The summed E-state index contributed by atoms with van der Waals surface area (Å²) in [5.74, 6) is 0.433. The number of hydrogen-bond acceptors (Lipinski definition) is 4. The number of thiophene rings is 1. The second-order valence-electron chi connectivity index (χ2n) is 7.75. The molecule has 1 saturated carbocycles. The lowest BCUT2D eigenvalue weighted by atomic mass is 9.95. The van der Waals surface area contributed by atoms with Gasteiger partial charge in [-0.15, -0.1) is 11.3 Å². The summed E-state index contributed by atoms with van der Waals surface area (Å²) in [5, 5.41) is 17.9. The highest BCUT2D eigenvalue weighted by atomic mass is 32.1. The van der Waals surface area contributed by atoms with Crippen molar-refractivity contribution in [3.8, 4) is 6.07 Å². The second kappa shape index (κ2) is 9.36. The van der Waals surface area contributed by atoms with Crippen molar-refractivity contribution in [2.24, 2.45) is 0 Å². The van der Waals surface area contributed by atoms with E-state index in [1.807, 2.05) is 6.07 Å². The molecule has 0 bridgehead atoms. The number of hydrogen-bond donors (Lipinski definition) is 2. The Kier molecular flexibility index (Phi) is 6.88. The lowest BCUT2D eigenvalue weighted by Gasteiger charge is -2.24. The van der Waals surface area contributed by atoms with Gasteiger partial charge in [0.05, 0.1) is 18.7 Å². The third-order valence-corrected chi connectivity index (χ3v) is 6.73. The molecule has 5 heteroatoms. The molecule has 1 aliphatic rings. The van der Waals surface area contributed by atoms with E-state index in [2.05, 4.69) is 66.3 Å². The molecule has 1 amide bonds. The van der Waals surface area contributed by atoms with Crippen molar-refractivity contribution in [3.05, 3.63) is 57.8 Å². The molecular formula is C23H29N3OS. The first-order valence-corrected chi connectivity index (χ1v) is 11.0. The van der Waals surface area contributed by atoms with E-state index >= 15 is 0 Å². The largest absolute Gasteiger partial charge is 0.337 e. The molecule has 0 saturated heterocycles. The van der Waals surface area contributed by atoms with Crippen LogP contribution in [0.3, 0.4) is 0 Å². The van der Waals surface area contributed by atoms with E-state index in [-0.39, 0.29) is 18.5 Å². The van der Waals surface area contributed by atoms with E-state index in [0.717, 1.165) is 37.7 Å². The zero-order valence-electron chi connectivity index (χ0n) is 16.7. The number of amides is 1. The zero-order chi connectivity index (χ0) is 20.0. The maximum Gasteiger partial charge on any atom is 0.235 e. The predicted molar refractivity (Wildman–Crippen MR) is 114 cm³/mol. The van der Waals surface area contributed by atoms with Crippen LogP contribution in [0, 0.1) is 11.3 Å². The summed E-state index contributed by atoms with van der Waals surface area (Å²) in [6.07, 6.45) is 4.62. The van der Waals surface area contributed by atoms with Crippen molar-refractivity contribution in [1.29, 1.82) is 5.26 Å². The summed E-state index contributed by atoms with van der Waals surface area (Å²) in [5.41, 5.74) is 1.82. The van der Waals surface area contributed by atoms with Crippen molar-refractivity contribution in [2.75, 3.05) is 6.54 Å². The molecule has 1 heterocycles. The normalized spacial score (nSPS) is 17.6. The molecule has 0 unspecified atom stereocenters. The smallest absolute Gasteiger partial charge is 0.235 e. The van der Waals surface area contributed by atoms with Crippen molar-refractivity contribution >= 4 is 17.2 Å². The van der Waals surface area contributed by atoms with Gasteiger partial charge >= 0.3 is 0 Å². The average Bonchev–Trinajstić information content (AvgIpc) is 3.41. The minimum Gasteiger partial charge on any atom is -0.337 e. The fourth-order valence-corrected chi connectivity index (χ4v) is 4.67. The van der Waals surface area contributed by atoms with Gasteiger partial charge in [-0.05, 0) is 60.6 Å². The summed E-state index contributed by atoms with van der Waals surface area (Å²) in [7, 11) is 0. The fourth-order valence-electron chi connectivity index (χ4n) is 3.84. The molecule has 1 aromatic carbocycles. The summed E-state index contributed by atoms with van der Waals surface area (Å²) in [6, 6.07) is 15.1. The van der Waals surface area contributed by atoms with Crippen LogP contribution in [0.15, 0.2) is 41.8 Å². The topological polar surface area (TPSA) is 64.9 Å². The maximum atomic E-state index is 12.5. The summed E-state index contributed by atoms with van der Waals surface area (Å²) >= 11 is 1.68. The predicted octanol–water partition coefficient (Wildman–Crippen LogP) is 4.89. The SMILES string of the molecule is CC[C@H](C)c1ccc([C@H](NCC(=O)NC2(C#N)CCCC2)c2cccs2)cc1. The third kappa shape index (κ3) is 4.81. The van der Waals surface area contributed by atoms with Crippen LogP contribution in [0.25, 0.3) is 0 Å². The molecule has 148 valence electrons. The fraction of sp³-hybridized carbons (Fsp3) is 0.478. The van der Waals surface area contributed by atoms with Gasteiger partial charge < -0.3 is 5.32 Å². The van der Waals surface area contributed by atoms with Gasteiger partial charge in [0.15, 0.2) is 0 Å². The van der Waals surface area contributed by atoms with E-state index < -0.39 is 5.54 Å². The van der Waals surface area contributed by atoms with Gasteiger partial charge in [-0.3, -0.25) is 10.1 Å². The molecule has 0 spiro atoms. The van der Waals surface area contributed by atoms with E-state index in [9.17, 15) is 10.1 Å². The summed E-state index contributed by atoms with van der Waals surface area (Å²) < 4.78 is 0. The summed E-state index contributed by atoms with van der Waals surface area (Å²) in [4.78, 5) is 13.7. The highest BCUT2D eigenvalue weighted by Crippen LogP contribution is 2.30. The molecule has 0 aliphatic heterocycles. The highest BCUT2D eigenvalue weighted by Gasteiger charge is 2.35. The van der Waals surface area contributed by atoms with Crippen molar-refractivity contribution < 1.29 is 4.79 Å². The van der Waals surface area contributed by atoms with Crippen LogP contribution in [-0.2, 0) is 4.79 Å². The van der Waals surface area contributed by atoms with Crippen LogP contribution in [0.1, 0.15) is 73.9 Å². The minimum atomic E-state index is -0.671. The molecule has 2 N–H and O–H groups in total. The number of nitriles is 1. The maximum absolute atomic E-state index is 12.5. The Labute approximate surface area is 172 Å². The number of nitrogens with zero attached hydrogens (tertiary/aromatic N) is 1. The Morgan fingerprint density at radius 2 is 1.89 bits per heavy atom. The quantitative estimate of drug-likeness (QED) is 0.668. The Balaban J connectivity index is 1.69. The van der Waals surface area contributed by atoms with Crippen LogP contribution < -0.4 is 10.6 Å². The zero-order valence-corrected chi connectivity index (χ0v) is 17.5. The lowest BCUT2D eigenvalue weighted by molar-refractivity contribution is -0.121. The van der Waals surface area contributed by atoms with Crippen LogP contribution in [0.5, 0.6) is 0 Å². The van der Waals surface area contributed by atoms with Gasteiger partial charge in [0, 0.05) is 4.88 Å².